The Hall–Kier alpha value is 0.860. The predicted molar refractivity (Wildman–Crippen MR) is 15.2 cm³/mol. The minimum absolute atomic E-state index is 0. The van der Waals surface area contributed by atoms with Gasteiger partial charge in [0.2, 0.25) is 0 Å². The zero-order chi connectivity index (χ0) is 5.41. The van der Waals surface area contributed by atoms with Crippen molar-refractivity contribution in [2.45, 2.75) is 0 Å². The Labute approximate surface area is 59.0 Å². The molecule has 0 heterocycles. The first-order valence-electron chi connectivity index (χ1n) is 0.730. The Morgan fingerprint density at radius 1 is 1.00 bits per heavy atom. The van der Waals surface area contributed by atoms with Crippen molar-refractivity contribution in [3.8, 4) is 0 Å². The molecule has 0 atom stereocenters. The second-order valence-electron chi connectivity index (χ2n) is 0.149. The molecule has 7 heavy (non-hydrogen) atoms. The van der Waals surface area contributed by atoms with Gasteiger partial charge in [0.15, 0.2) is 0 Å². The molecule has 0 saturated heterocycles. The van der Waals surface area contributed by atoms with Gasteiger partial charge in [-0.3, -0.25) is 9.13 Å². The number of hydrogen-bond donors (Lipinski definition) is 0. The van der Waals surface area contributed by atoms with Gasteiger partial charge >= 0.3 is 22.4 Å². The summed E-state index contributed by atoms with van der Waals surface area (Å²) in [5.41, 5.74) is 0. The van der Waals surface area contributed by atoms with Crippen molar-refractivity contribution >= 4 is 17.4 Å². The van der Waals surface area contributed by atoms with Crippen LogP contribution in [0.4, 0.5) is 0 Å². The average molecular weight is 307 g/mol. The molecule has 0 aliphatic heterocycles. The van der Waals surface area contributed by atoms with E-state index in [1.165, 1.54) is 0 Å². The zero-order valence-corrected chi connectivity index (χ0v) is 7.98. The largest absolute Gasteiger partial charge is 2.00 e. The number of hydrogen-bond acceptors (Lipinski definition) is 4. The summed E-state index contributed by atoms with van der Waals surface area (Å²) >= 11 is 0. The maximum Gasteiger partial charge on any atom is 2.00 e. The van der Waals surface area contributed by atoms with Crippen LogP contribution in [-0.4, -0.2) is 0 Å². The predicted octanol–water partition coefficient (Wildman–Crippen LogP) is -0.896. The summed E-state index contributed by atoms with van der Waals surface area (Å²) in [7, 11) is -2.17. The molecule has 0 aromatic rings. The first kappa shape index (κ1) is 15.7. The van der Waals surface area contributed by atoms with Crippen molar-refractivity contribution in [2.24, 2.45) is 0 Å². The minimum atomic E-state index is -1.08. The molecule has 0 unspecified atom stereocenters. The second-order valence-corrected chi connectivity index (χ2v) is 0.447. The van der Waals surface area contributed by atoms with Crippen LogP contribution in [0.3, 0.4) is 0 Å². The van der Waals surface area contributed by atoms with Gasteiger partial charge in [-0.15, -0.1) is 0 Å². The fraction of sp³-hybridized carbons (Fsp3) is 0. The summed E-state index contributed by atoms with van der Waals surface area (Å²) in [6, 6.07) is 0. The van der Waals surface area contributed by atoms with Crippen molar-refractivity contribution in [1.29, 1.82) is 0 Å². The maximum atomic E-state index is 8.35. The van der Waals surface area contributed by atoms with Gasteiger partial charge in [0.1, 0.15) is 0 Å². The molecule has 4 nitrogen and oxygen atoms in total. The smallest absolute Gasteiger partial charge is 0.772 e. The Kier molecular flexibility index (Phi) is 64.4. The molecule has 0 bridgehead atoms. The summed E-state index contributed by atoms with van der Waals surface area (Å²) < 4.78 is 16.7. The first-order chi connectivity index (χ1) is 2.83. The Morgan fingerprint density at radius 3 is 1.00 bits per heavy atom. The van der Waals surface area contributed by atoms with Crippen LogP contribution < -0.4 is 9.79 Å². The number of rotatable bonds is 0. The minimum Gasteiger partial charge on any atom is -0.772 e. The first-order valence-corrected chi connectivity index (χ1v) is 2.19. The normalized spacial score (nSPS) is 6.00. The van der Waals surface area contributed by atoms with Crippen molar-refractivity contribution in [3.05, 3.63) is 0 Å². The van der Waals surface area contributed by atoms with Crippen LogP contribution in [0.2, 0.25) is 0 Å². The van der Waals surface area contributed by atoms with Gasteiger partial charge in [0.25, 0.3) is 0 Å². The summed E-state index contributed by atoms with van der Waals surface area (Å²) in [4.78, 5) is 16.7. The average Bonchev–Trinajstić information content (AvgIpc) is 1.39. The molecule has 0 aromatic carbocycles. The molecule has 39 valence electrons. The van der Waals surface area contributed by atoms with Crippen LogP contribution in [-0.2, 0) is 31.5 Å². The van der Waals surface area contributed by atoms with Gasteiger partial charge in [-0.2, -0.15) is 0 Å². The zero-order valence-electron chi connectivity index (χ0n) is 2.97. The summed E-state index contributed by atoms with van der Waals surface area (Å²) in [6.45, 7) is 0. The molecule has 7 heteroatoms. The van der Waals surface area contributed by atoms with Crippen LogP contribution >= 0.6 is 17.4 Å². The maximum absolute atomic E-state index is 8.35. The molecule has 0 fully saturated rings. The standard InChI is InChI=1S/2HO2P.Ta/c2*1-3-2;/h2*(H,1,2);/q;;+2/p-2. The molecule has 0 amide bonds. The summed E-state index contributed by atoms with van der Waals surface area (Å²) in [5, 5.41) is 0. The van der Waals surface area contributed by atoms with Crippen LogP contribution in [0.5, 0.6) is 0 Å². The Bertz CT molecular complexity index is 30.7. The molecule has 0 aliphatic rings. The van der Waals surface area contributed by atoms with Crippen molar-refractivity contribution in [1.82, 2.24) is 0 Å². The third-order valence-electron chi connectivity index (χ3n) is 0. The van der Waals surface area contributed by atoms with Gasteiger partial charge in [-0.25, -0.2) is 0 Å². The van der Waals surface area contributed by atoms with Gasteiger partial charge in [-0.05, 0) is 0 Å². The van der Waals surface area contributed by atoms with E-state index in [-0.39, 0.29) is 22.4 Å². The SMILES string of the molecule is O=P[O-].O=P[O-].[Ta+2]. The van der Waals surface area contributed by atoms with E-state index in [0.717, 1.165) is 0 Å². The van der Waals surface area contributed by atoms with E-state index in [1.807, 2.05) is 0 Å². The molecule has 0 spiro atoms. The van der Waals surface area contributed by atoms with E-state index in [0.29, 0.717) is 0 Å². The molecule has 0 N–H and O–H groups in total. The Morgan fingerprint density at radius 2 is 1.00 bits per heavy atom. The van der Waals surface area contributed by atoms with Crippen molar-refractivity contribution < 1.29 is 41.3 Å². The van der Waals surface area contributed by atoms with E-state index >= 15 is 0 Å². The fourth-order valence-corrected chi connectivity index (χ4v) is 0. The molecule has 0 aliphatic carbocycles. The van der Waals surface area contributed by atoms with E-state index in [9.17, 15) is 0 Å². The molecular weight excluding hydrogens is 307 g/mol. The molecule has 1 radical (unpaired) electrons. The van der Waals surface area contributed by atoms with Crippen LogP contribution in [0, 0.1) is 0 Å². The molecule has 0 aromatic heterocycles. The van der Waals surface area contributed by atoms with E-state index < -0.39 is 17.4 Å². The quantitative estimate of drug-likeness (QED) is 0.544. The van der Waals surface area contributed by atoms with E-state index in [1.54, 1.807) is 0 Å². The van der Waals surface area contributed by atoms with Gasteiger partial charge in [0.05, 0.1) is 17.4 Å². The van der Waals surface area contributed by atoms with E-state index in [2.05, 4.69) is 0 Å². The second kappa shape index (κ2) is 28.8. The summed E-state index contributed by atoms with van der Waals surface area (Å²) in [5.74, 6) is 0. The van der Waals surface area contributed by atoms with Crippen LogP contribution in [0.15, 0.2) is 0 Å². The third kappa shape index (κ3) is 219. The fourth-order valence-electron chi connectivity index (χ4n) is 0. The molecule has 0 rings (SSSR count). The van der Waals surface area contributed by atoms with Gasteiger partial charge in [0, 0.05) is 0 Å². The van der Waals surface area contributed by atoms with Crippen LogP contribution in [0.1, 0.15) is 0 Å². The van der Waals surface area contributed by atoms with Gasteiger partial charge < -0.3 is 9.79 Å². The van der Waals surface area contributed by atoms with Crippen molar-refractivity contribution in [2.75, 3.05) is 0 Å². The monoisotopic (exact) mass is 307 g/mol. The van der Waals surface area contributed by atoms with Crippen molar-refractivity contribution in [3.63, 3.8) is 0 Å². The van der Waals surface area contributed by atoms with E-state index in [4.69, 9.17) is 18.9 Å². The Balaban J connectivity index is -0.0000000400. The topological polar surface area (TPSA) is 80.3 Å². The van der Waals surface area contributed by atoms with Crippen LogP contribution in [0.25, 0.3) is 0 Å². The van der Waals surface area contributed by atoms with Gasteiger partial charge in [-0.1, -0.05) is 0 Å². The third-order valence-corrected chi connectivity index (χ3v) is 0. The molecular formula is O4P2Ta. The molecule has 0 saturated carbocycles. The summed E-state index contributed by atoms with van der Waals surface area (Å²) in [6.07, 6.45) is 0.